The highest BCUT2D eigenvalue weighted by Crippen LogP contribution is 2.39. The number of alkyl halides is 1. The number of pyridine rings is 1. The lowest BCUT2D eigenvalue weighted by atomic mass is 9.88. The largest absolute Gasteiger partial charge is 0.367 e. The summed E-state index contributed by atoms with van der Waals surface area (Å²) >= 11 is 5.98. The first-order valence-corrected chi connectivity index (χ1v) is 6.30. The molecule has 1 fully saturated rings. The molecule has 1 N–H and O–H groups in total. The molecular formula is C12H15ClF2N2. The lowest BCUT2D eigenvalue weighted by Gasteiger charge is -2.26. The lowest BCUT2D eigenvalue weighted by Crippen LogP contribution is -2.29. The summed E-state index contributed by atoms with van der Waals surface area (Å²) in [6.07, 6.45) is 5.42. The van der Waals surface area contributed by atoms with Gasteiger partial charge < -0.3 is 5.32 Å². The minimum atomic E-state index is -0.666. The minimum Gasteiger partial charge on any atom is -0.367 e. The Labute approximate surface area is 104 Å². The van der Waals surface area contributed by atoms with Crippen LogP contribution in [-0.2, 0) is 0 Å². The zero-order chi connectivity index (χ0) is 12.3. The smallest absolute Gasteiger partial charge is 0.168 e. The molecule has 0 saturated heterocycles. The third kappa shape index (κ3) is 2.86. The van der Waals surface area contributed by atoms with Crippen LogP contribution in [0.2, 0.25) is 0 Å². The maximum absolute atomic E-state index is 13.4. The first kappa shape index (κ1) is 12.6. The molecule has 5 heteroatoms. The van der Waals surface area contributed by atoms with Crippen LogP contribution in [0.4, 0.5) is 14.6 Å². The normalized spacial score (nSPS) is 18.3. The van der Waals surface area contributed by atoms with E-state index in [-0.39, 0.29) is 11.2 Å². The SMILES string of the molecule is Fc1cnc(NCC2(CCl)CCCC2)c(F)c1. The van der Waals surface area contributed by atoms with Gasteiger partial charge in [-0.15, -0.1) is 11.6 Å². The van der Waals surface area contributed by atoms with Crippen molar-refractivity contribution in [3.05, 3.63) is 23.9 Å². The maximum atomic E-state index is 13.4. The second kappa shape index (κ2) is 5.17. The topological polar surface area (TPSA) is 24.9 Å². The zero-order valence-electron chi connectivity index (χ0n) is 9.48. The van der Waals surface area contributed by atoms with E-state index in [1.807, 2.05) is 0 Å². The van der Waals surface area contributed by atoms with Gasteiger partial charge in [0.15, 0.2) is 11.6 Å². The highest BCUT2D eigenvalue weighted by atomic mass is 35.5. The van der Waals surface area contributed by atoms with Gasteiger partial charge in [0.25, 0.3) is 0 Å². The number of halogens is 3. The van der Waals surface area contributed by atoms with Gasteiger partial charge in [-0.3, -0.25) is 0 Å². The van der Waals surface area contributed by atoms with Gasteiger partial charge >= 0.3 is 0 Å². The Bertz CT molecular complexity index is 392. The number of nitrogens with one attached hydrogen (secondary N) is 1. The number of hydrogen-bond donors (Lipinski definition) is 1. The average Bonchev–Trinajstić information content (AvgIpc) is 2.77. The molecule has 1 aliphatic rings. The van der Waals surface area contributed by atoms with Gasteiger partial charge in [0.1, 0.15) is 5.82 Å². The second-order valence-electron chi connectivity index (χ2n) is 4.68. The van der Waals surface area contributed by atoms with E-state index in [1.54, 1.807) is 0 Å². The molecule has 0 bridgehead atoms. The molecule has 0 aliphatic heterocycles. The molecule has 17 heavy (non-hydrogen) atoms. The van der Waals surface area contributed by atoms with Crippen LogP contribution < -0.4 is 5.32 Å². The van der Waals surface area contributed by atoms with Crippen LogP contribution >= 0.6 is 11.6 Å². The van der Waals surface area contributed by atoms with Crippen molar-refractivity contribution >= 4 is 17.4 Å². The van der Waals surface area contributed by atoms with E-state index in [0.29, 0.717) is 12.4 Å². The first-order valence-electron chi connectivity index (χ1n) is 5.76. The molecule has 1 aromatic heterocycles. The monoisotopic (exact) mass is 260 g/mol. The van der Waals surface area contributed by atoms with Gasteiger partial charge in [-0.2, -0.15) is 0 Å². The van der Waals surface area contributed by atoms with Crippen molar-refractivity contribution in [3.63, 3.8) is 0 Å². The van der Waals surface area contributed by atoms with Gasteiger partial charge in [0, 0.05) is 23.9 Å². The summed E-state index contributed by atoms with van der Waals surface area (Å²) < 4.78 is 26.0. The Morgan fingerprint density at radius 2 is 2.06 bits per heavy atom. The first-order chi connectivity index (χ1) is 8.15. The van der Waals surface area contributed by atoms with Crippen molar-refractivity contribution < 1.29 is 8.78 Å². The average molecular weight is 261 g/mol. The van der Waals surface area contributed by atoms with Crippen molar-refractivity contribution in [2.75, 3.05) is 17.7 Å². The van der Waals surface area contributed by atoms with E-state index in [0.717, 1.165) is 37.9 Å². The highest BCUT2D eigenvalue weighted by molar-refractivity contribution is 6.18. The number of hydrogen-bond acceptors (Lipinski definition) is 2. The van der Waals surface area contributed by atoms with Crippen molar-refractivity contribution in [1.29, 1.82) is 0 Å². The number of nitrogens with zero attached hydrogens (tertiary/aromatic N) is 1. The van der Waals surface area contributed by atoms with E-state index in [2.05, 4.69) is 10.3 Å². The molecule has 2 rings (SSSR count). The summed E-state index contributed by atoms with van der Waals surface area (Å²) in [5.41, 5.74) is 0.0318. The quantitative estimate of drug-likeness (QED) is 0.837. The highest BCUT2D eigenvalue weighted by Gasteiger charge is 2.33. The fourth-order valence-electron chi connectivity index (χ4n) is 2.30. The van der Waals surface area contributed by atoms with Gasteiger partial charge in [0.05, 0.1) is 6.20 Å². The molecule has 0 unspecified atom stereocenters. The fourth-order valence-corrected chi connectivity index (χ4v) is 2.66. The van der Waals surface area contributed by atoms with E-state index in [4.69, 9.17) is 11.6 Å². The predicted molar refractivity (Wildman–Crippen MR) is 64.3 cm³/mol. The van der Waals surface area contributed by atoms with Crippen LogP contribution in [0.1, 0.15) is 25.7 Å². The molecule has 0 spiro atoms. The summed E-state index contributed by atoms with van der Waals surface area (Å²) in [4.78, 5) is 3.70. The van der Waals surface area contributed by atoms with Crippen molar-refractivity contribution in [3.8, 4) is 0 Å². The second-order valence-corrected chi connectivity index (χ2v) is 4.95. The standard InChI is InChI=1S/C12H15ClF2N2/c13-7-12(3-1-2-4-12)8-17-11-10(15)5-9(14)6-16-11/h5-6H,1-4,7-8H2,(H,16,17). The molecule has 1 heterocycles. The molecule has 0 amide bonds. The molecule has 94 valence electrons. The Morgan fingerprint density at radius 1 is 1.35 bits per heavy atom. The molecule has 1 saturated carbocycles. The van der Waals surface area contributed by atoms with E-state index < -0.39 is 11.6 Å². The van der Waals surface area contributed by atoms with Crippen LogP contribution in [0.3, 0.4) is 0 Å². The molecule has 1 aromatic rings. The Kier molecular flexibility index (Phi) is 3.82. The summed E-state index contributed by atoms with van der Waals surface area (Å²) in [7, 11) is 0. The van der Waals surface area contributed by atoms with E-state index in [9.17, 15) is 8.78 Å². The van der Waals surface area contributed by atoms with Gasteiger partial charge in [0.2, 0.25) is 0 Å². The van der Waals surface area contributed by atoms with Crippen molar-refractivity contribution in [1.82, 2.24) is 4.98 Å². The molecule has 0 aromatic carbocycles. The molecular weight excluding hydrogens is 246 g/mol. The summed E-state index contributed by atoms with van der Waals surface area (Å²) in [5, 5.41) is 2.94. The van der Waals surface area contributed by atoms with Crippen LogP contribution in [0.5, 0.6) is 0 Å². The number of rotatable bonds is 4. The summed E-state index contributed by atoms with van der Waals surface area (Å²) in [6.45, 7) is 0.589. The molecule has 0 atom stereocenters. The lowest BCUT2D eigenvalue weighted by molar-refractivity contribution is 0.367. The Balaban J connectivity index is 2.01. The van der Waals surface area contributed by atoms with Crippen molar-refractivity contribution in [2.45, 2.75) is 25.7 Å². The zero-order valence-corrected chi connectivity index (χ0v) is 10.2. The van der Waals surface area contributed by atoms with Crippen LogP contribution in [0.25, 0.3) is 0 Å². The van der Waals surface area contributed by atoms with Gasteiger partial charge in [-0.25, -0.2) is 13.8 Å². The molecule has 1 aliphatic carbocycles. The number of anilines is 1. The van der Waals surface area contributed by atoms with Gasteiger partial charge in [-0.1, -0.05) is 12.8 Å². The molecule has 2 nitrogen and oxygen atoms in total. The number of aromatic nitrogens is 1. The van der Waals surface area contributed by atoms with Crippen LogP contribution in [-0.4, -0.2) is 17.4 Å². The fraction of sp³-hybridized carbons (Fsp3) is 0.583. The predicted octanol–water partition coefficient (Wildman–Crippen LogP) is 3.57. The van der Waals surface area contributed by atoms with E-state index in [1.165, 1.54) is 0 Å². The third-order valence-electron chi connectivity index (χ3n) is 3.39. The molecule has 0 radical (unpaired) electrons. The van der Waals surface area contributed by atoms with Crippen LogP contribution in [0.15, 0.2) is 12.3 Å². The van der Waals surface area contributed by atoms with Gasteiger partial charge in [-0.05, 0) is 12.8 Å². The Morgan fingerprint density at radius 3 is 2.65 bits per heavy atom. The summed E-state index contributed by atoms with van der Waals surface area (Å²) in [6, 6.07) is 0.831. The van der Waals surface area contributed by atoms with E-state index >= 15 is 0 Å². The van der Waals surface area contributed by atoms with Crippen molar-refractivity contribution in [2.24, 2.45) is 5.41 Å². The minimum absolute atomic E-state index is 0.0318. The van der Waals surface area contributed by atoms with Crippen LogP contribution in [0, 0.1) is 17.0 Å². The Hall–Kier alpha value is -0.900. The summed E-state index contributed by atoms with van der Waals surface area (Å²) in [5.74, 6) is -0.667. The maximum Gasteiger partial charge on any atom is 0.168 e. The third-order valence-corrected chi connectivity index (χ3v) is 3.95.